The zero-order valence-electron chi connectivity index (χ0n) is 19.7. The second-order valence-corrected chi connectivity index (χ2v) is 8.77. The van der Waals surface area contributed by atoms with Crippen molar-refractivity contribution in [3.05, 3.63) is 82.7 Å². The third-order valence-corrected chi connectivity index (χ3v) is 6.43. The monoisotopic (exact) mass is 471 g/mol. The summed E-state index contributed by atoms with van der Waals surface area (Å²) in [4.78, 5) is 22.0. The summed E-state index contributed by atoms with van der Waals surface area (Å²) in [5.41, 5.74) is 10.8. The molecule has 1 amide bonds. The Balaban J connectivity index is 1.64. The van der Waals surface area contributed by atoms with Crippen LogP contribution in [0.2, 0.25) is 0 Å². The molecule has 2 aromatic carbocycles. The van der Waals surface area contributed by atoms with Gasteiger partial charge in [0.1, 0.15) is 11.9 Å². The summed E-state index contributed by atoms with van der Waals surface area (Å²) in [5.74, 6) is 0.813. The first-order valence-corrected chi connectivity index (χ1v) is 11.9. The van der Waals surface area contributed by atoms with Gasteiger partial charge >= 0.3 is 0 Å². The van der Waals surface area contributed by atoms with Crippen LogP contribution in [-0.4, -0.2) is 38.8 Å². The average molecular weight is 472 g/mol. The van der Waals surface area contributed by atoms with Crippen LogP contribution >= 0.6 is 0 Å². The summed E-state index contributed by atoms with van der Waals surface area (Å²) in [6, 6.07) is 17.6. The van der Waals surface area contributed by atoms with Gasteiger partial charge in [-0.25, -0.2) is 4.98 Å². The lowest BCUT2D eigenvalue weighted by Gasteiger charge is -2.27. The molecule has 4 N–H and O–H groups in total. The van der Waals surface area contributed by atoms with Crippen LogP contribution in [0.4, 0.5) is 5.82 Å². The normalized spacial score (nSPS) is 15.2. The molecular weight excluding hydrogens is 442 g/mol. The molecule has 0 unspecified atom stereocenters. The molecule has 0 fully saturated rings. The molecule has 1 atom stereocenters. The van der Waals surface area contributed by atoms with Gasteiger partial charge in [-0.05, 0) is 49.9 Å². The molecule has 180 valence electrons. The van der Waals surface area contributed by atoms with E-state index < -0.39 is 5.91 Å². The number of nitrogens with one attached hydrogen (secondary N) is 1. The van der Waals surface area contributed by atoms with Gasteiger partial charge in [0.2, 0.25) is 11.9 Å². The highest BCUT2D eigenvalue weighted by Crippen LogP contribution is 2.36. The van der Waals surface area contributed by atoms with Crippen LogP contribution < -0.4 is 11.1 Å². The molecule has 5 rings (SSSR count). The SMILES string of the molecule is Cc1cc2c(C(N)=O)cccc2n1-c1nc(NCc2ccccc2)c2c(n1)[C@@H](OCCO)CCC2. The maximum absolute atomic E-state index is 12.0. The van der Waals surface area contributed by atoms with Crippen molar-refractivity contribution in [2.75, 3.05) is 18.5 Å². The number of nitrogens with zero attached hydrogens (tertiary/aromatic N) is 3. The first-order chi connectivity index (χ1) is 17.1. The third kappa shape index (κ3) is 4.50. The maximum Gasteiger partial charge on any atom is 0.249 e. The lowest BCUT2D eigenvalue weighted by Crippen LogP contribution is -2.21. The van der Waals surface area contributed by atoms with Gasteiger partial charge < -0.3 is 20.9 Å². The molecule has 2 aromatic heterocycles. The number of aryl methyl sites for hydroxylation is 1. The van der Waals surface area contributed by atoms with Crippen LogP contribution in [0.15, 0.2) is 54.6 Å². The number of hydrogen-bond donors (Lipinski definition) is 3. The average Bonchev–Trinajstić information content (AvgIpc) is 3.22. The van der Waals surface area contributed by atoms with Crippen molar-refractivity contribution in [3.63, 3.8) is 0 Å². The molecule has 8 nitrogen and oxygen atoms in total. The van der Waals surface area contributed by atoms with Gasteiger partial charge in [-0.1, -0.05) is 36.4 Å². The summed E-state index contributed by atoms with van der Waals surface area (Å²) in [7, 11) is 0. The lowest BCUT2D eigenvalue weighted by molar-refractivity contribution is 0.0157. The highest BCUT2D eigenvalue weighted by Gasteiger charge is 2.28. The highest BCUT2D eigenvalue weighted by molar-refractivity contribution is 6.06. The summed E-state index contributed by atoms with van der Waals surface area (Å²) < 4.78 is 7.93. The van der Waals surface area contributed by atoms with Crippen LogP contribution in [0.5, 0.6) is 0 Å². The number of ether oxygens (including phenoxy) is 1. The van der Waals surface area contributed by atoms with Gasteiger partial charge in [0.05, 0.1) is 24.4 Å². The van der Waals surface area contributed by atoms with Gasteiger partial charge in [-0.2, -0.15) is 4.98 Å². The predicted molar refractivity (Wildman–Crippen MR) is 135 cm³/mol. The number of nitrogens with two attached hydrogens (primary N) is 1. The largest absolute Gasteiger partial charge is 0.394 e. The van der Waals surface area contributed by atoms with E-state index in [1.807, 2.05) is 47.9 Å². The van der Waals surface area contributed by atoms with Crippen LogP contribution in [-0.2, 0) is 17.7 Å². The van der Waals surface area contributed by atoms with Crippen LogP contribution in [0.3, 0.4) is 0 Å². The number of hydrogen-bond acceptors (Lipinski definition) is 6. The van der Waals surface area contributed by atoms with Crippen molar-refractivity contribution >= 4 is 22.6 Å². The van der Waals surface area contributed by atoms with Crippen molar-refractivity contribution in [2.45, 2.75) is 38.8 Å². The van der Waals surface area contributed by atoms with Crippen molar-refractivity contribution in [1.82, 2.24) is 14.5 Å². The third-order valence-electron chi connectivity index (χ3n) is 6.43. The summed E-state index contributed by atoms with van der Waals surface area (Å²) in [6.07, 6.45) is 2.43. The number of rotatable bonds is 8. The molecule has 0 saturated carbocycles. The molecule has 0 radical (unpaired) electrons. The Labute approximate surface area is 203 Å². The number of carbonyl (C=O) groups excluding carboxylic acids is 1. The second kappa shape index (κ2) is 9.85. The highest BCUT2D eigenvalue weighted by atomic mass is 16.5. The van der Waals surface area contributed by atoms with Crippen LogP contribution in [0, 0.1) is 6.92 Å². The molecule has 35 heavy (non-hydrogen) atoms. The van der Waals surface area contributed by atoms with Gasteiger partial charge in [0.15, 0.2) is 0 Å². The topological polar surface area (TPSA) is 115 Å². The molecule has 0 saturated heterocycles. The molecule has 0 aliphatic heterocycles. The minimum Gasteiger partial charge on any atom is -0.394 e. The van der Waals surface area contributed by atoms with Crippen molar-refractivity contribution < 1.29 is 14.6 Å². The minimum absolute atomic E-state index is 0.0415. The van der Waals surface area contributed by atoms with Gasteiger partial charge in [-0.3, -0.25) is 9.36 Å². The zero-order valence-corrected chi connectivity index (χ0v) is 19.7. The van der Waals surface area contributed by atoms with E-state index in [0.717, 1.165) is 58.5 Å². The molecular formula is C27H29N5O3. The lowest BCUT2D eigenvalue weighted by atomic mass is 9.93. The summed E-state index contributed by atoms with van der Waals surface area (Å²) in [6.45, 7) is 2.80. The number of anilines is 1. The quantitative estimate of drug-likeness (QED) is 0.360. The Bertz CT molecular complexity index is 1370. The van der Waals surface area contributed by atoms with E-state index in [-0.39, 0.29) is 19.3 Å². The summed E-state index contributed by atoms with van der Waals surface area (Å²) >= 11 is 0. The number of fused-ring (bicyclic) bond motifs is 2. The number of benzene rings is 2. The fraction of sp³-hybridized carbons (Fsp3) is 0.296. The molecule has 1 aliphatic rings. The number of amides is 1. The molecule has 1 aliphatic carbocycles. The molecule has 0 bridgehead atoms. The van der Waals surface area contributed by atoms with Gasteiger partial charge in [0.25, 0.3) is 0 Å². The van der Waals surface area contributed by atoms with Gasteiger partial charge in [-0.15, -0.1) is 0 Å². The van der Waals surface area contributed by atoms with E-state index in [2.05, 4.69) is 17.4 Å². The minimum atomic E-state index is -0.471. The Morgan fingerprint density at radius 2 is 2.03 bits per heavy atom. The standard InChI is InChI=1S/C27H29N5O3/c1-17-15-21-19(25(28)34)9-5-11-22(21)32(17)27-30-24-20(10-6-12-23(24)35-14-13-33)26(31-27)29-16-18-7-3-2-4-8-18/h2-5,7-9,11,15,23,33H,6,10,12-14,16H2,1H3,(H2,28,34)(H,29,30,31)/t23-/m0/s1. The molecule has 8 heteroatoms. The van der Waals surface area contributed by atoms with Crippen LogP contribution in [0.25, 0.3) is 16.9 Å². The first-order valence-electron chi connectivity index (χ1n) is 11.9. The number of aliphatic hydroxyl groups excluding tert-OH is 1. The van der Waals surface area contributed by atoms with Crippen molar-refractivity contribution in [2.24, 2.45) is 5.73 Å². The molecule has 2 heterocycles. The Morgan fingerprint density at radius 3 is 2.80 bits per heavy atom. The first kappa shape index (κ1) is 23.0. The van der Waals surface area contributed by atoms with E-state index in [1.165, 1.54) is 0 Å². The predicted octanol–water partition coefficient (Wildman–Crippen LogP) is 3.83. The van der Waals surface area contributed by atoms with Gasteiger partial charge in [0, 0.05) is 28.8 Å². The molecule has 0 spiro atoms. The zero-order chi connectivity index (χ0) is 24.4. The van der Waals surface area contributed by atoms with E-state index in [4.69, 9.17) is 20.4 Å². The Kier molecular flexibility index (Phi) is 6.48. The maximum atomic E-state index is 12.0. The smallest absolute Gasteiger partial charge is 0.249 e. The Morgan fingerprint density at radius 1 is 1.20 bits per heavy atom. The fourth-order valence-electron chi connectivity index (χ4n) is 4.83. The van der Waals surface area contributed by atoms with Crippen molar-refractivity contribution in [3.8, 4) is 5.95 Å². The van der Waals surface area contributed by atoms with Crippen molar-refractivity contribution in [1.29, 1.82) is 0 Å². The molecule has 4 aromatic rings. The summed E-state index contributed by atoms with van der Waals surface area (Å²) in [5, 5.41) is 13.6. The van der Waals surface area contributed by atoms with E-state index in [1.54, 1.807) is 6.07 Å². The second-order valence-electron chi connectivity index (χ2n) is 8.77. The number of primary amides is 1. The van der Waals surface area contributed by atoms with E-state index in [0.29, 0.717) is 18.1 Å². The Hall–Kier alpha value is -3.75. The number of aliphatic hydroxyl groups is 1. The van der Waals surface area contributed by atoms with Crippen LogP contribution in [0.1, 0.15) is 51.8 Å². The fourth-order valence-corrected chi connectivity index (χ4v) is 4.83. The number of aromatic nitrogens is 3. The number of carbonyl (C=O) groups is 1. The van der Waals surface area contributed by atoms with E-state index >= 15 is 0 Å². The van der Waals surface area contributed by atoms with E-state index in [9.17, 15) is 9.90 Å².